The predicted octanol–water partition coefficient (Wildman–Crippen LogP) is 14.2. The van der Waals surface area contributed by atoms with Gasteiger partial charge in [-0.15, -0.1) is 6.58 Å². The molecule has 2 aromatic carbocycles. The SMILES string of the molecule is C=CC1CC(C)(C)C(C)(C)C1.CC.CC(C)(C)C(C)(C)C.Cc1ccc(C(C)(CC2C=CC=CC2)c2cc(C)cc(C)c2)cc1. The van der Waals surface area contributed by atoms with E-state index in [9.17, 15) is 0 Å². The molecule has 2 aliphatic carbocycles. The number of hydrogen-bond acceptors (Lipinski definition) is 0. The Morgan fingerprint density at radius 1 is 0.689 bits per heavy atom. The first kappa shape index (κ1) is 40.7. The highest BCUT2D eigenvalue weighted by molar-refractivity contribution is 5.43. The second-order valence-electron chi connectivity index (χ2n) is 17.3. The minimum atomic E-state index is 0.0324. The van der Waals surface area contributed by atoms with Crippen LogP contribution in [0.5, 0.6) is 0 Å². The molecule has 2 aliphatic rings. The standard InChI is InChI=1S/C24H28.C11H20.C8H18.C2H6/c1-18-10-12-22(13-11-18)24(4,17-21-8-6-5-7-9-21)23-15-19(2)14-20(3)16-23;1-6-9-7-10(2,3)11(4,5)8-9;1-7(2,3)8(4,5)6;1-2/h5-8,10-16,21H,9,17H2,1-4H3;6,9H,1,7-8H2,2-5H3;1-6H3;1-2H3. The van der Waals surface area contributed by atoms with Gasteiger partial charge in [-0.2, -0.15) is 0 Å². The van der Waals surface area contributed by atoms with E-state index in [1.54, 1.807) is 0 Å². The first-order valence-corrected chi connectivity index (χ1v) is 17.7. The quantitative estimate of drug-likeness (QED) is 0.295. The van der Waals surface area contributed by atoms with Crippen LogP contribution in [-0.4, -0.2) is 0 Å². The predicted molar refractivity (Wildman–Crippen MR) is 205 cm³/mol. The fourth-order valence-electron chi connectivity index (χ4n) is 6.03. The summed E-state index contributed by atoms with van der Waals surface area (Å²) in [4.78, 5) is 0. The Bertz CT molecular complexity index is 1180. The van der Waals surface area contributed by atoms with Gasteiger partial charge in [0.2, 0.25) is 0 Å². The van der Waals surface area contributed by atoms with Crippen molar-refractivity contribution in [3.63, 3.8) is 0 Å². The number of benzene rings is 2. The monoisotopic (exact) mass is 613 g/mol. The van der Waals surface area contributed by atoms with E-state index in [1.807, 2.05) is 13.8 Å². The number of allylic oxidation sites excluding steroid dienone is 5. The molecule has 0 nitrogen and oxygen atoms in total. The van der Waals surface area contributed by atoms with E-state index in [0.29, 0.717) is 27.6 Å². The smallest absolute Gasteiger partial charge is 0.0180 e. The number of rotatable bonds is 5. The van der Waals surface area contributed by atoms with Crippen LogP contribution in [0.2, 0.25) is 0 Å². The lowest BCUT2D eigenvalue weighted by atomic mass is 9.69. The molecule has 4 rings (SSSR count). The lowest BCUT2D eigenvalue weighted by molar-refractivity contribution is 0.157. The van der Waals surface area contributed by atoms with Crippen LogP contribution < -0.4 is 0 Å². The van der Waals surface area contributed by atoms with Gasteiger partial charge in [-0.3, -0.25) is 0 Å². The molecule has 1 saturated carbocycles. The lowest BCUT2D eigenvalue weighted by Crippen LogP contribution is -2.27. The van der Waals surface area contributed by atoms with Gasteiger partial charge in [0, 0.05) is 5.41 Å². The number of aryl methyl sites for hydroxylation is 3. The Labute approximate surface area is 281 Å². The van der Waals surface area contributed by atoms with Crippen LogP contribution in [0.3, 0.4) is 0 Å². The van der Waals surface area contributed by atoms with Gasteiger partial charge in [0.15, 0.2) is 0 Å². The van der Waals surface area contributed by atoms with E-state index in [-0.39, 0.29) is 5.41 Å². The van der Waals surface area contributed by atoms with Crippen molar-refractivity contribution in [2.75, 3.05) is 0 Å². The van der Waals surface area contributed by atoms with Crippen LogP contribution in [0.25, 0.3) is 0 Å². The van der Waals surface area contributed by atoms with Crippen molar-refractivity contribution in [2.45, 2.75) is 142 Å². The van der Waals surface area contributed by atoms with Crippen molar-refractivity contribution in [1.29, 1.82) is 0 Å². The summed E-state index contributed by atoms with van der Waals surface area (Å²) in [6.45, 7) is 40.0. The molecule has 0 saturated heterocycles. The summed E-state index contributed by atoms with van der Waals surface area (Å²) in [5.74, 6) is 1.35. The maximum absolute atomic E-state index is 3.87. The van der Waals surface area contributed by atoms with E-state index in [4.69, 9.17) is 0 Å². The molecule has 0 heterocycles. The molecule has 1 fully saturated rings. The van der Waals surface area contributed by atoms with Gasteiger partial charge in [-0.05, 0) is 91.1 Å². The molecule has 0 radical (unpaired) electrons. The van der Waals surface area contributed by atoms with Crippen LogP contribution in [0.15, 0.2) is 79.4 Å². The Hall–Kier alpha value is -2.34. The van der Waals surface area contributed by atoms with Gasteiger partial charge in [-0.1, -0.05) is 180 Å². The highest BCUT2D eigenvalue weighted by Crippen LogP contribution is 2.54. The summed E-state index contributed by atoms with van der Waals surface area (Å²) in [6, 6.07) is 16.1. The summed E-state index contributed by atoms with van der Waals surface area (Å²) in [7, 11) is 0. The van der Waals surface area contributed by atoms with Gasteiger partial charge in [0.1, 0.15) is 0 Å². The van der Waals surface area contributed by atoms with Crippen LogP contribution in [0.4, 0.5) is 0 Å². The third kappa shape index (κ3) is 11.8. The summed E-state index contributed by atoms with van der Waals surface area (Å²) in [5.41, 5.74) is 8.77. The molecule has 0 N–H and O–H groups in total. The first-order valence-electron chi connectivity index (χ1n) is 17.7. The molecular weight excluding hydrogens is 540 g/mol. The van der Waals surface area contributed by atoms with E-state index in [2.05, 4.69) is 176 Å². The largest absolute Gasteiger partial charge is 0.103 e. The fraction of sp³-hybridized carbons (Fsp3) is 0.600. The van der Waals surface area contributed by atoms with Gasteiger partial charge < -0.3 is 0 Å². The Morgan fingerprint density at radius 2 is 1.16 bits per heavy atom. The number of hydrogen-bond donors (Lipinski definition) is 0. The second kappa shape index (κ2) is 16.5. The van der Waals surface area contributed by atoms with E-state index in [1.165, 1.54) is 40.7 Å². The van der Waals surface area contributed by atoms with E-state index < -0.39 is 0 Å². The van der Waals surface area contributed by atoms with Crippen LogP contribution in [0.1, 0.15) is 144 Å². The van der Waals surface area contributed by atoms with Crippen molar-refractivity contribution in [3.8, 4) is 0 Å². The minimum Gasteiger partial charge on any atom is -0.103 e. The highest BCUT2D eigenvalue weighted by Gasteiger charge is 2.45. The Kier molecular flexibility index (Phi) is 14.9. The maximum Gasteiger partial charge on any atom is 0.0180 e. The molecule has 0 bridgehead atoms. The zero-order valence-electron chi connectivity index (χ0n) is 32.6. The van der Waals surface area contributed by atoms with Crippen molar-refractivity contribution in [2.24, 2.45) is 33.5 Å². The fourth-order valence-corrected chi connectivity index (χ4v) is 6.03. The van der Waals surface area contributed by atoms with E-state index in [0.717, 1.165) is 18.8 Å². The zero-order valence-corrected chi connectivity index (χ0v) is 32.6. The zero-order chi connectivity index (χ0) is 34.9. The third-order valence-corrected chi connectivity index (χ3v) is 11.2. The van der Waals surface area contributed by atoms with Crippen LogP contribution >= 0.6 is 0 Å². The summed E-state index contributed by atoms with van der Waals surface area (Å²) in [6.07, 6.45) is 16.0. The van der Waals surface area contributed by atoms with Gasteiger partial charge >= 0.3 is 0 Å². The highest BCUT2D eigenvalue weighted by atomic mass is 14.5. The molecule has 252 valence electrons. The molecule has 45 heavy (non-hydrogen) atoms. The second-order valence-corrected chi connectivity index (χ2v) is 17.3. The molecular formula is C45H72. The molecule has 2 atom stereocenters. The van der Waals surface area contributed by atoms with Crippen LogP contribution in [0, 0.1) is 54.3 Å². The van der Waals surface area contributed by atoms with Gasteiger partial charge in [0.25, 0.3) is 0 Å². The summed E-state index contributed by atoms with van der Waals surface area (Å²) < 4.78 is 0. The molecule has 0 heteroatoms. The Morgan fingerprint density at radius 3 is 1.51 bits per heavy atom. The summed E-state index contributed by atoms with van der Waals surface area (Å²) in [5, 5.41) is 0. The molecule has 2 unspecified atom stereocenters. The van der Waals surface area contributed by atoms with Gasteiger partial charge in [-0.25, -0.2) is 0 Å². The van der Waals surface area contributed by atoms with Gasteiger partial charge in [0.05, 0.1) is 0 Å². The molecule has 2 aromatic rings. The molecule has 0 aliphatic heterocycles. The first-order chi connectivity index (χ1) is 20.6. The third-order valence-electron chi connectivity index (χ3n) is 11.2. The van der Waals surface area contributed by atoms with Crippen LogP contribution in [-0.2, 0) is 5.41 Å². The van der Waals surface area contributed by atoms with Crippen molar-refractivity contribution < 1.29 is 0 Å². The lowest BCUT2D eigenvalue weighted by Gasteiger charge is -2.35. The topological polar surface area (TPSA) is 0 Å². The van der Waals surface area contributed by atoms with Crippen molar-refractivity contribution in [3.05, 3.63) is 107 Å². The van der Waals surface area contributed by atoms with Crippen molar-refractivity contribution in [1.82, 2.24) is 0 Å². The average molecular weight is 613 g/mol. The summed E-state index contributed by atoms with van der Waals surface area (Å²) >= 11 is 0. The average Bonchev–Trinajstić information content (AvgIpc) is 3.15. The van der Waals surface area contributed by atoms with Crippen molar-refractivity contribution >= 4 is 0 Å². The minimum absolute atomic E-state index is 0.0324. The maximum atomic E-state index is 3.87. The normalized spacial score (nSPS) is 20.0. The molecule has 0 amide bonds. The van der Waals surface area contributed by atoms with E-state index >= 15 is 0 Å². The molecule has 0 aromatic heterocycles. The Balaban J connectivity index is 0.000000399. The molecule has 0 spiro atoms.